The molecule has 2 rings (SSSR count). The van der Waals surface area contributed by atoms with Gasteiger partial charge >= 0.3 is 0 Å². The quantitative estimate of drug-likeness (QED) is 0.812. The molecule has 1 aromatic heterocycles. The minimum Gasteiger partial charge on any atom is -0.481 e. The van der Waals surface area contributed by atoms with Crippen molar-refractivity contribution in [3.05, 3.63) is 23.9 Å². The number of amides is 1. The summed E-state index contributed by atoms with van der Waals surface area (Å²) in [6, 6.07) is 4.07. The van der Waals surface area contributed by atoms with Crippen LogP contribution in [0.4, 0.5) is 0 Å². The number of aromatic nitrogens is 1. The SMILES string of the molecule is COc1ncccc1CNC(=O)CC1CCCN1. The Kier molecular flexibility index (Phi) is 4.52. The van der Waals surface area contributed by atoms with Crippen molar-refractivity contribution in [2.24, 2.45) is 0 Å². The number of carbonyl (C=O) groups is 1. The number of ether oxygens (including phenoxy) is 1. The molecule has 0 aliphatic carbocycles. The number of pyridine rings is 1. The molecule has 18 heavy (non-hydrogen) atoms. The average Bonchev–Trinajstić information content (AvgIpc) is 2.89. The Morgan fingerprint density at radius 3 is 3.28 bits per heavy atom. The Morgan fingerprint density at radius 2 is 2.56 bits per heavy atom. The third-order valence-electron chi connectivity index (χ3n) is 3.11. The zero-order valence-corrected chi connectivity index (χ0v) is 10.6. The highest BCUT2D eigenvalue weighted by Crippen LogP contribution is 2.13. The van der Waals surface area contributed by atoms with Gasteiger partial charge in [0, 0.05) is 30.8 Å². The lowest BCUT2D eigenvalue weighted by atomic mass is 10.1. The zero-order valence-electron chi connectivity index (χ0n) is 10.6. The van der Waals surface area contributed by atoms with E-state index in [0.717, 1.165) is 24.9 Å². The molecule has 2 N–H and O–H groups in total. The lowest BCUT2D eigenvalue weighted by Crippen LogP contribution is -2.31. The van der Waals surface area contributed by atoms with Gasteiger partial charge in [0.2, 0.25) is 11.8 Å². The molecule has 1 aromatic rings. The van der Waals surface area contributed by atoms with Crippen molar-refractivity contribution in [3.8, 4) is 5.88 Å². The average molecular weight is 249 g/mol. The van der Waals surface area contributed by atoms with Crippen LogP contribution in [0, 0.1) is 0 Å². The van der Waals surface area contributed by atoms with E-state index in [-0.39, 0.29) is 5.91 Å². The van der Waals surface area contributed by atoms with Crippen LogP contribution in [-0.2, 0) is 11.3 Å². The van der Waals surface area contributed by atoms with Crippen molar-refractivity contribution in [2.45, 2.75) is 31.8 Å². The lowest BCUT2D eigenvalue weighted by Gasteiger charge is -2.11. The molecule has 1 aliphatic heterocycles. The fourth-order valence-electron chi connectivity index (χ4n) is 2.16. The Morgan fingerprint density at radius 1 is 1.67 bits per heavy atom. The highest BCUT2D eigenvalue weighted by atomic mass is 16.5. The normalized spacial score (nSPS) is 18.6. The summed E-state index contributed by atoms with van der Waals surface area (Å²) in [5.74, 6) is 0.636. The van der Waals surface area contributed by atoms with Crippen molar-refractivity contribution in [2.75, 3.05) is 13.7 Å². The van der Waals surface area contributed by atoms with E-state index >= 15 is 0 Å². The number of rotatable bonds is 5. The van der Waals surface area contributed by atoms with Crippen LogP contribution in [0.2, 0.25) is 0 Å². The van der Waals surface area contributed by atoms with Crippen LogP contribution in [0.1, 0.15) is 24.8 Å². The van der Waals surface area contributed by atoms with Crippen molar-refractivity contribution in [1.82, 2.24) is 15.6 Å². The predicted octanol–water partition coefficient (Wildman–Crippen LogP) is 0.848. The second-order valence-electron chi connectivity index (χ2n) is 4.45. The summed E-state index contributed by atoms with van der Waals surface area (Å²) in [5.41, 5.74) is 0.896. The summed E-state index contributed by atoms with van der Waals surface area (Å²) in [6.45, 7) is 1.48. The van der Waals surface area contributed by atoms with Gasteiger partial charge in [0.15, 0.2) is 0 Å². The number of hydrogen-bond donors (Lipinski definition) is 2. The van der Waals surface area contributed by atoms with E-state index in [1.807, 2.05) is 12.1 Å². The minimum absolute atomic E-state index is 0.0697. The van der Waals surface area contributed by atoms with E-state index in [2.05, 4.69) is 15.6 Å². The molecule has 5 nitrogen and oxygen atoms in total. The molecule has 1 unspecified atom stereocenters. The standard InChI is InChI=1S/C13H19N3O2/c1-18-13-10(4-2-7-15-13)9-16-12(17)8-11-5-3-6-14-11/h2,4,7,11,14H,3,5-6,8-9H2,1H3,(H,16,17). The minimum atomic E-state index is 0.0697. The first-order chi connectivity index (χ1) is 8.79. The van der Waals surface area contributed by atoms with E-state index in [0.29, 0.717) is 24.9 Å². The maximum atomic E-state index is 11.8. The predicted molar refractivity (Wildman–Crippen MR) is 68.3 cm³/mol. The molecule has 1 aliphatic rings. The molecule has 1 amide bonds. The molecule has 1 atom stereocenters. The van der Waals surface area contributed by atoms with E-state index in [1.54, 1.807) is 13.3 Å². The van der Waals surface area contributed by atoms with Crippen LogP contribution in [0.5, 0.6) is 5.88 Å². The third-order valence-corrected chi connectivity index (χ3v) is 3.11. The number of hydrogen-bond acceptors (Lipinski definition) is 4. The van der Waals surface area contributed by atoms with Gasteiger partial charge in [0.1, 0.15) is 0 Å². The van der Waals surface area contributed by atoms with Gasteiger partial charge in [-0.1, -0.05) is 6.07 Å². The second-order valence-corrected chi connectivity index (χ2v) is 4.45. The van der Waals surface area contributed by atoms with Crippen LogP contribution in [-0.4, -0.2) is 30.6 Å². The molecule has 2 heterocycles. The van der Waals surface area contributed by atoms with E-state index < -0.39 is 0 Å². The van der Waals surface area contributed by atoms with Crippen LogP contribution >= 0.6 is 0 Å². The first-order valence-corrected chi connectivity index (χ1v) is 6.27. The number of carbonyl (C=O) groups excluding carboxylic acids is 1. The maximum Gasteiger partial charge on any atom is 0.221 e. The van der Waals surface area contributed by atoms with Crippen molar-refractivity contribution >= 4 is 5.91 Å². The summed E-state index contributed by atoms with van der Waals surface area (Å²) in [7, 11) is 1.58. The highest BCUT2D eigenvalue weighted by molar-refractivity contribution is 5.76. The summed E-state index contributed by atoms with van der Waals surface area (Å²) in [6.07, 6.45) is 4.47. The molecule has 0 saturated carbocycles. The molecule has 1 fully saturated rings. The highest BCUT2D eigenvalue weighted by Gasteiger charge is 2.17. The topological polar surface area (TPSA) is 63.2 Å². The van der Waals surface area contributed by atoms with Gasteiger partial charge in [0.25, 0.3) is 0 Å². The van der Waals surface area contributed by atoms with Gasteiger partial charge in [-0.25, -0.2) is 4.98 Å². The largest absolute Gasteiger partial charge is 0.481 e. The summed E-state index contributed by atoms with van der Waals surface area (Å²) >= 11 is 0. The Hall–Kier alpha value is -1.62. The third kappa shape index (κ3) is 3.43. The number of methoxy groups -OCH3 is 1. The molecular weight excluding hydrogens is 230 g/mol. The van der Waals surface area contributed by atoms with E-state index in [1.165, 1.54) is 0 Å². The van der Waals surface area contributed by atoms with Crippen molar-refractivity contribution in [3.63, 3.8) is 0 Å². The Bertz CT molecular complexity index is 403. The first kappa shape index (κ1) is 12.8. The van der Waals surface area contributed by atoms with Crippen LogP contribution in [0.15, 0.2) is 18.3 Å². The zero-order chi connectivity index (χ0) is 12.8. The summed E-state index contributed by atoms with van der Waals surface area (Å²) in [4.78, 5) is 15.9. The lowest BCUT2D eigenvalue weighted by molar-refractivity contribution is -0.121. The molecule has 0 aromatic carbocycles. The molecular formula is C13H19N3O2. The number of nitrogens with one attached hydrogen (secondary N) is 2. The van der Waals surface area contributed by atoms with Gasteiger partial charge < -0.3 is 15.4 Å². The van der Waals surface area contributed by atoms with Gasteiger partial charge in [-0.3, -0.25) is 4.79 Å². The van der Waals surface area contributed by atoms with E-state index in [9.17, 15) is 4.79 Å². The second kappa shape index (κ2) is 6.35. The van der Waals surface area contributed by atoms with Crippen molar-refractivity contribution < 1.29 is 9.53 Å². The molecule has 0 bridgehead atoms. The van der Waals surface area contributed by atoms with Gasteiger partial charge in [-0.15, -0.1) is 0 Å². The molecule has 0 spiro atoms. The van der Waals surface area contributed by atoms with Gasteiger partial charge in [-0.05, 0) is 25.5 Å². The van der Waals surface area contributed by atoms with E-state index in [4.69, 9.17) is 4.74 Å². The summed E-state index contributed by atoms with van der Waals surface area (Å²) < 4.78 is 5.14. The maximum absolute atomic E-state index is 11.8. The van der Waals surface area contributed by atoms with Crippen molar-refractivity contribution in [1.29, 1.82) is 0 Å². The molecule has 98 valence electrons. The monoisotopic (exact) mass is 249 g/mol. The fraction of sp³-hybridized carbons (Fsp3) is 0.538. The van der Waals surface area contributed by atoms with Crippen LogP contribution in [0.25, 0.3) is 0 Å². The van der Waals surface area contributed by atoms with Gasteiger partial charge in [-0.2, -0.15) is 0 Å². The molecule has 0 radical (unpaired) electrons. The fourth-order valence-corrected chi connectivity index (χ4v) is 2.16. The first-order valence-electron chi connectivity index (χ1n) is 6.27. The Balaban J connectivity index is 1.81. The molecule has 5 heteroatoms. The van der Waals surface area contributed by atoms with Gasteiger partial charge in [0.05, 0.1) is 7.11 Å². The smallest absolute Gasteiger partial charge is 0.221 e. The summed E-state index contributed by atoms with van der Waals surface area (Å²) in [5, 5.41) is 6.21. The van der Waals surface area contributed by atoms with Crippen LogP contribution < -0.4 is 15.4 Å². The van der Waals surface area contributed by atoms with Crippen LogP contribution in [0.3, 0.4) is 0 Å². The Labute approximate surface area is 107 Å². The number of nitrogens with zero attached hydrogens (tertiary/aromatic N) is 1. The molecule has 1 saturated heterocycles.